The van der Waals surface area contributed by atoms with Crippen molar-refractivity contribution in [2.24, 2.45) is 0 Å². The van der Waals surface area contributed by atoms with E-state index in [1.165, 1.54) is 19.2 Å². The van der Waals surface area contributed by atoms with Crippen LogP contribution in [0.15, 0.2) is 71.6 Å². The Hall–Kier alpha value is -3.23. The number of likely N-dealkylation sites (N-methyl/N-ethyl adjacent to an activating group) is 1. The number of ether oxygens (including phenoxy) is 1. The lowest BCUT2D eigenvalue weighted by Gasteiger charge is -2.09. The molecule has 0 aromatic heterocycles. The molecule has 0 unspecified atom stereocenters. The molecule has 0 aliphatic carbocycles. The molecular formula is C21H20N2O5S. The maximum Gasteiger partial charge on any atom is 0.338 e. The van der Waals surface area contributed by atoms with Crippen LogP contribution >= 0.6 is 0 Å². The van der Waals surface area contributed by atoms with Gasteiger partial charge in [0.15, 0.2) is 6.61 Å². The molecule has 150 valence electrons. The van der Waals surface area contributed by atoms with E-state index in [2.05, 4.69) is 10.0 Å². The first-order valence-electron chi connectivity index (χ1n) is 8.84. The van der Waals surface area contributed by atoms with Crippen LogP contribution in [0.25, 0.3) is 10.8 Å². The number of hydrogen-bond acceptors (Lipinski definition) is 5. The monoisotopic (exact) mass is 412 g/mol. The maximum atomic E-state index is 12.6. The Bertz CT molecular complexity index is 1140. The van der Waals surface area contributed by atoms with Crippen molar-refractivity contribution in [1.29, 1.82) is 0 Å². The van der Waals surface area contributed by atoms with Crippen molar-refractivity contribution in [1.82, 2.24) is 10.0 Å². The van der Waals surface area contributed by atoms with Gasteiger partial charge in [0.2, 0.25) is 10.0 Å². The van der Waals surface area contributed by atoms with Crippen molar-refractivity contribution in [2.75, 3.05) is 13.7 Å². The minimum Gasteiger partial charge on any atom is -0.452 e. The molecule has 0 bridgehead atoms. The molecule has 0 fully saturated rings. The van der Waals surface area contributed by atoms with Crippen LogP contribution in [0.3, 0.4) is 0 Å². The first-order valence-corrected chi connectivity index (χ1v) is 10.3. The summed E-state index contributed by atoms with van der Waals surface area (Å²) in [7, 11) is -2.24. The summed E-state index contributed by atoms with van der Waals surface area (Å²) in [5.74, 6) is -1.03. The van der Waals surface area contributed by atoms with Crippen molar-refractivity contribution in [3.05, 3.63) is 77.9 Å². The highest BCUT2D eigenvalue weighted by Gasteiger charge is 2.15. The third-order valence-corrected chi connectivity index (χ3v) is 5.70. The molecule has 1 amide bonds. The summed E-state index contributed by atoms with van der Waals surface area (Å²) in [6.45, 7) is -0.286. The van der Waals surface area contributed by atoms with Gasteiger partial charge in [-0.3, -0.25) is 4.79 Å². The standard InChI is InChI=1S/C21H20N2O5S/c1-22-20(24)14-28-21(25)17-8-6-15(7-9-17)13-23-29(26,27)19-11-10-16-4-2-3-5-18(16)12-19/h2-12,23H,13-14H2,1H3,(H,22,24). The number of carbonyl (C=O) groups is 2. The summed E-state index contributed by atoms with van der Waals surface area (Å²) >= 11 is 0. The Balaban J connectivity index is 1.64. The van der Waals surface area contributed by atoms with Crippen LogP contribution < -0.4 is 10.0 Å². The molecule has 0 spiro atoms. The highest BCUT2D eigenvalue weighted by Crippen LogP contribution is 2.19. The second kappa shape index (κ2) is 8.85. The van der Waals surface area contributed by atoms with E-state index in [1.807, 2.05) is 24.3 Å². The summed E-state index contributed by atoms with van der Waals surface area (Å²) in [6, 6.07) is 18.8. The summed E-state index contributed by atoms with van der Waals surface area (Å²) in [4.78, 5) is 23.2. The van der Waals surface area contributed by atoms with E-state index >= 15 is 0 Å². The lowest BCUT2D eigenvalue weighted by molar-refractivity contribution is -0.123. The van der Waals surface area contributed by atoms with Crippen molar-refractivity contribution in [2.45, 2.75) is 11.4 Å². The molecule has 0 radical (unpaired) electrons. The summed E-state index contributed by atoms with van der Waals surface area (Å²) < 4.78 is 32.6. The second-order valence-corrected chi connectivity index (χ2v) is 8.05. The van der Waals surface area contributed by atoms with Crippen LogP contribution in [0.1, 0.15) is 15.9 Å². The zero-order valence-corrected chi connectivity index (χ0v) is 16.5. The zero-order chi connectivity index (χ0) is 20.9. The van der Waals surface area contributed by atoms with Gasteiger partial charge in [0.25, 0.3) is 5.91 Å². The number of hydrogen-bond donors (Lipinski definition) is 2. The number of benzene rings is 3. The normalized spacial score (nSPS) is 11.2. The molecule has 0 atom stereocenters. The number of sulfonamides is 1. The fourth-order valence-electron chi connectivity index (χ4n) is 2.64. The Morgan fingerprint density at radius 2 is 1.62 bits per heavy atom. The smallest absolute Gasteiger partial charge is 0.338 e. The maximum absolute atomic E-state index is 12.6. The number of amides is 1. The quantitative estimate of drug-likeness (QED) is 0.580. The van der Waals surface area contributed by atoms with Crippen molar-refractivity contribution < 1.29 is 22.7 Å². The molecular weight excluding hydrogens is 392 g/mol. The SMILES string of the molecule is CNC(=O)COC(=O)c1ccc(CNS(=O)(=O)c2ccc3ccccc3c2)cc1. The molecule has 0 saturated heterocycles. The molecule has 7 nitrogen and oxygen atoms in total. The van der Waals surface area contributed by atoms with Gasteiger partial charge in [-0.1, -0.05) is 42.5 Å². The first kappa shape index (κ1) is 20.5. The minimum absolute atomic E-state index is 0.0722. The Kier molecular flexibility index (Phi) is 6.26. The highest BCUT2D eigenvalue weighted by atomic mass is 32.2. The van der Waals surface area contributed by atoms with E-state index < -0.39 is 21.9 Å². The van der Waals surface area contributed by atoms with Crippen molar-refractivity contribution in [3.8, 4) is 0 Å². The molecule has 2 N–H and O–H groups in total. The number of esters is 1. The van der Waals surface area contributed by atoms with Gasteiger partial charge in [-0.25, -0.2) is 17.9 Å². The van der Waals surface area contributed by atoms with E-state index in [1.54, 1.807) is 30.3 Å². The van der Waals surface area contributed by atoms with E-state index in [0.29, 0.717) is 5.56 Å². The largest absolute Gasteiger partial charge is 0.452 e. The number of nitrogens with one attached hydrogen (secondary N) is 2. The molecule has 3 aromatic carbocycles. The van der Waals surface area contributed by atoms with Crippen LogP contribution in [0.2, 0.25) is 0 Å². The third kappa shape index (κ3) is 5.18. The summed E-state index contributed by atoms with van der Waals surface area (Å²) in [6.07, 6.45) is 0. The molecule has 0 heterocycles. The van der Waals surface area contributed by atoms with Crippen LogP contribution in [0, 0.1) is 0 Å². The topological polar surface area (TPSA) is 102 Å². The van der Waals surface area contributed by atoms with Gasteiger partial charge < -0.3 is 10.1 Å². The van der Waals surface area contributed by atoms with Gasteiger partial charge in [-0.05, 0) is 40.6 Å². The zero-order valence-electron chi connectivity index (χ0n) is 15.7. The molecule has 0 saturated carbocycles. The Labute approximate surface area is 168 Å². The molecule has 0 aliphatic heterocycles. The highest BCUT2D eigenvalue weighted by molar-refractivity contribution is 7.89. The predicted octanol–water partition coefficient (Wildman–Crippen LogP) is 2.22. The van der Waals surface area contributed by atoms with Gasteiger partial charge in [0, 0.05) is 13.6 Å². The van der Waals surface area contributed by atoms with Gasteiger partial charge in [-0.15, -0.1) is 0 Å². The molecule has 0 aliphatic rings. The molecule has 3 aromatic rings. The molecule has 3 rings (SSSR count). The Morgan fingerprint density at radius 1 is 0.931 bits per heavy atom. The van der Waals surface area contributed by atoms with Crippen LogP contribution in [0.4, 0.5) is 0 Å². The van der Waals surface area contributed by atoms with Gasteiger partial charge >= 0.3 is 5.97 Å². The van der Waals surface area contributed by atoms with Gasteiger partial charge in [-0.2, -0.15) is 0 Å². The second-order valence-electron chi connectivity index (χ2n) is 6.28. The van der Waals surface area contributed by atoms with Crippen LogP contribution in [-0.4, -0.2) is 33.9 Å². The van der Waals surface area contributed by atoms with E-state index in [4.69, 9.17) is 4.74 Å². The average Bonchev–Trinajstić information content (AvgIpc) is 2.75. The summed E-state index contributed by atoms with van der Waals surface area (Å²) in [5, 5.41) is 4.16. The van der Waals surface area contributed by atoms with E-state index in [0.717, 1.165) is 10.8 Å². The van der Waals surface area contributed by atoms with E-state index in [-0.39, 0.29) is 23.6 Å². The van der Waals surface area contributed by atoms with Gasteiger partial charge in [0.1, 0.15) is 0 Å². The summed E-state index contributed by atoms with van der Waals surface area (Å²) in [5.41, 5.74) is 0.951. The molecule has 8 heteroatoms. The minimum atomic E-state index is -3.68. The fraction of sp³-hybridized carbons (Fsp3) is 0.143. The van der Waals surface area contributed by atoms with Crippen LogP contribution in [0.5, 0.6) is 0 Å². The van der Waals surface area contributed by atoms with E-state index in [9.17, 15) is 18.0 Å². The number of carbonyl (C=O) groups excluding carboxylic acids is 2. The lowest BCUT2D eigenvalue weighted by atomic mass is 10.1. The predicted molar refractivity (Wildman–Crippen MR) is 109 cm³/mol. The fourth-order valence-corrected chi connectivity index (χ4v) is 3.69. The molecule has 29 heavy (non-hydrogen) atoms. The lowest BCUT2D eigenvalue weighted by Crippen LogP contribution is -2.25. The average molecular weight is 412 g/mol. The number of rotatable bonds is 7. The first-order chi connectivity index (χ1) is 13.9. The number of fused-ring (bicyclic) bond motifs is 1. The van der Waals surface area contributed by atoms with Crippen molar-refractivity contribution >= 4 is 32.7 Å². The van der Waals surface area contributed by atoms with Crippen LogP contribution in [-0.2, 0) is 26.1 Å². The third-order valence-electron chi connectivity index (χ3n) is 4.30. The van der Waals surface area contributed by atoms with Crippen molar-refractivity contribution in [3.63, 3.8) is 0 Å². The van der Waals surface area contributed by atoms with Gasteiger partial charge in [0.05, 0.1) is 10.5 Å². The Morgan fingerprint density at radius 3 is 2.31 bits per heavy atom.